The third-order valence-corrected chi connectivity index (χ3v) is 6.03. The fourth-order valence-electron chi connectivity index (χ4n) is 4.32. The second-order valence-electron chi connectivity index (χ2n) is 8.52. The topological polar surface area (TPSA) is 72.5 Å². The van der Waals surface area contributed by atoms with Gasteiger partial charge in [-0.05, 0) is 61.8 Å². The summed E-state index contributed by atoms with van der Waals surface area (Å²) in [6, 6.07) is 18.0. The summed E-state index contributed by atoms with van der Waals surface area (Å²) in [5.41, 5.74) is 0.984. The van der Waals surface area contributed by atoms with Crippen LogP contribution in [0.5, 0.6) is 11.5 Å². The number of benzene rings is 2. The first-order valence-electron chi connectivity index (χ1n) is 11.9. The first-order valence-corrected chi connectivity index (χ1v) is 11.9. The van der Waals surface area contributed by atoms with Crippen molar-refractivity contribution in [2.75, 3.05) is 19.7 Å². The lowest BCUT2D eigenvalue weighted by atomic mass is 9.92. The number of piperidine rings is 1. The zero-order valence-corrected chi connectivity index (χ0v) is 19.6. The van der Waals surface area contributed by atoms with Gasteiger partial charge < -0.3 is 20.1 Å². The van der Waals surface area contributed by atoms with Gasteiger partial charge in [0.15, 0.2) is 0 Å². The molecular weight excluding hydrogens is 471 g/mol. The average molecular weight is 500 g/mol. The van der Waals surface area contributed by atoms with Crippen LogP contribution < -0.4 is 20.1 Å². The van der Waals surface area contributed by atoms with Crippen LogP contribution in [0.15, 0.2) is 72.9 Å². The Hall–Kier alpha value is -3.59. The Morgan fingerprint density at radius 1 is 1.03 bits per heavy atom. The van der Waals surface area contributed by atoms with Gasteiger partial charge >= 0.3 is 6.36 Å². The molecular formula is C27H28F3N3O3. The minimum absolute atomic E-state index is 0.129. The Kier molecular flexibility index (Phi) is 8.43. The van der Waals surface area contributed by atoms with Gasteiger partial charge in [-0.25, -0.2) is 0 Å². The number of para-hydroxylation sites is 1. The van der Waals surface area contributed by atoms with Crippen molar-refractivity contribution in [3.8, 4) is 22.8 Å². The smallest absolute Gasteiger partial charge is 0.494 e. The highest BCUT2D eigenvalue weighted by atomic mass is 19.4. The number of hydrogen-bond acceptors (Lipinski definition) is 5. The maximum Gasteiger partial charge on any atom is 0.573 e. The number of pyridine rings is 1. The van der Waals surface area contributed by atoms with Crippen molar-refractivity contribution in [1.82, 2.24) is 15.6 Å². The Labute approximate surface area is 207 Å². The normalized spacial score (nSPS) is 15.2. The maximum atomic E-state index is 13.3. The summed E-state index contributed by atoms with van der Waals surface area (Å²) in [5.74, 6) is -0.00384. The van der Waals surface area contributed by atoms with Crippen LogP contribution in [-0.2, 0) is 4.79 Å². The van der Waals surface area contributed by atoms with E-state index in [0.29, 0.717) is 36.3 Å². The van der Waals surface area contributed by atoms with Crippen LogP contribution in [0.3, 0.4) is 0 Å². The summed E-state index contributed by atoms with van der Waals surface area (Å²) in [6.07, 6.45) is -1.65. The molecule has 1 unspecified atom stereocenters. The monoisotopic (exact) mass is 499 g/mol. The molecule has 1 aliphatic rings. The number of nitrogens with one attached hydrogen (secondary N) is 2. The van der Waals surface area contributed by atoms with Crippen LogP contribution >= 0.6 is 0 Å². The van der Waals surface area contributed by atoms with E-state index in [1.807, 2.05) is 30.3 Å². The Morgan fingerprint density at radius 2 is 1.78 bits per heavy atom. The zero-order valence-electron chi connectivity index (χ0n) is 19.6. The van der Waals surface area contributed by atoms with Gasteiger partial charge in [0, 0.05) is 24.1 Å². The summed E-state index contributed by atoms with van der Waals surface area (Å²) in [4.78, 5) is 17.4. The Balaban J connectivity index is 1.68. The van der Waals surface area contributed by atoms with E-state index in [2.05, 4.69) is 20.4 Å². The minimum Gasteiger partial charge on any atom is -0.494 e. The molecule has 3 aromatic rings. The van der Waals surface area contributed by atoms with Crippen LogP contribution in [0.1, 0.15) is 30.9 Å². The molecule has 9 heteroatoms. The standard InChI is InChI=1S/C27H28F3N3O3/c28-27(29,30)36-24-11-6-9-21(25(24)23-10-4-5-15-32-23)22(14-18-35-20-7-2-1-3-8-20)33-26(34)19-12-16-31-17-13-19/h1-11,15,19,22,31H,12-14,16-18H2,(H,33,34). The van der Waals surface area contributed by atoms with Gasteiger partial charge in [-0.2, -0.15) is 0 Å². The summed E-state index contributed by atoms with van der Waals surface area (Å²) < 4.78 is 50.1. The molecule has 2 N–H and O–H groups in total. The summed E-state index contributed by atoms with van der Waals surface area (Å²) in [5, 5.41) is 6.31. The van der Waals surface area contributed by atoms with Crippen LogP contribution in [0.2, 0.25) is 0 Å². The van der Waals surface area contributed by atoms with Gasteiger partial charge in [0.1, 0.15) is 11.5 Å². The molecule has 36 heavy (non-hydrogen) atoms. The fourth-order valence-corrected chi connectivity index (χ4v) is 4.32. The molecule has 2 heterocycles. The zero-order chi connectivity index (χ0) is 25.4. The molecule has 0 saturated carbocycles. The average Bonchev–Trinajstić information content (AvgIpc) is 2.88. The number of ether oxygens (including phenoxy) is 2. The Morgan fingerprint density at radius 3 is 2.47 bits per heavy atom. The SMILES string of the molecule is O=C(NC(CCOc1ccccc1)c1cccc(OC(F)(F)F)c1-c1ccccn1)C1CCNCC1. The quantitative estimate of drug-likeness (QED) is 0.420. The first kappa shape index (κ1) is 25.5. The van der Waals surface area contributed by atoms with Crippen LogP contribution in [0.4, 0.5) is 13.2 Å². The molecule has 6 nitrogen and oxygen atoms in total. The molecule has 1 atom stereocenters. The van der Waals surface area contributed by atoms with Gasteiger partial charge in [0.05, 0.1) is 18.3 Å². The molecule has 1 amide bonds. The molecule has 0 radical (unpaired) electrons. The highest BCUT2D eigenvalue weighted by Crippen LogP contribution is 2.39. The lowest BCUT2D eigenvalue weighted by molar-refractivity contribution is -0.274. The fraction of sp³-hybridized carbons (Fsp3) is 0.333. The van der Waals surface area contributed by atoms with Crippen molar-refractivity contribution in [1.29, 1.82) is 0 Å². The number of amides is 1. The van der Waals surface area contributed by atoms with Crippen LogP contribution in [-0.4, -0.2) is 36.9 Å². The highest BCUT2D eigenvalue weighted by molar-refractivity contribution is 5.80. The lowest BCUT2D eigenvalue weighted by Gasteiger charge is -2.27. The number of hydrogen-bond donors (Lipinski definition) is 2. The Bertz CT molecular complexity index is 1120. The maximum absolute atomic E-state index is 13.3. The van der Waals surface area contributed by atoms with Crippen molar-refractivity contribution in [3.63, 3.8) is 0 Å². The lowest BCUT2D eigenvalue weighted by Crippen LogP contribution is -2.40. The number of alkyl halides is 3. The number of carbonyl (C=O) groups excluding carboxylic acids is 1. The number of halogens is 3. The number of nitrogens with zero attached hydrogens (tertiary/aromatic N) is 1. The van der Waals surface area contributed by atoms with Gasteiger partial charge in [0.25, 0.3) is 0 Å². The first-order chi connectivity index (χ1) is 17.4. The minimum atomic E-state index is -4.88. The second-order valence-corrected chi connectivity index (χ2v) is 8.52. The molecule has 190 valence electrons. The van der Waals surface area contributed by atoms with Crippen molar-refractivity contribution in [3.05, 3.63) is 78.5 Å². The third kappa shape index (κ3) is 6.97. The largest absolute Gasteiger partial charge is 0.573 e. The molecule has 2 aromatic carbocycles. The molecule has 0 spiro atoms. The number of rotatable bonds is 9. The summed E-state index contributed by atoms with van der Waals surface area (Å²) in [6.45, 7) is 1.73. The van der Waals surface area contributed by atoms with E-state index in [1.54, 1.807) is 24.3 Å². The van der Waals surface area contributed by atoms with Gasteiger partial charge in [-0.3, -0.25) is 9.78 Å². The molecule has 1 aliphatic heterocycles. The van der Waals surface area contributed by atoms with Gasteiger partial charge in [-0.15, -0.1) is 13.2 Å². The van der Waals surface area contributed by atoms with E-state index in [0.717, 1.165) is 13.1 Å². The molecule has 0 aliphatic carbocycles. The van der Waals surface area contributed by atoms with Crippen LogP contribution in [0, 0.1) is 5.92 Å². The van der Waals surface area contributed by atoms with E-state index in [9.17, 15) is 18.0 Å². The van der Waals surface area contributed by atoms with E-state index in [1.165, 1.54) is 18.3 Å². The van der Waals surface area contributed by atoms with Gasteiger partial charge in [0.2, 0.25) is 5.91 Å². The van der Waals surface area contributed by atoms with Crippen molar-refractivity contribution < 1.29 is 27.4 Å². The third-order valence-electron chi connectivity index (χ3n) is 6.03. The van der Waals surface area contributed by atoms with Gasteiger partial charge in [-0.1, -0.05) is 36.4 Å². The second kappa shape index (κ2) is 11.9. The number of aromatic nitrogens is 1. The molecule has 4 rings (SSSR count). The molecule has 1 aromatic heterocycles. The number of carbonyl (C=O) groups is 1. The molecule has 1 saturated heterocycles. The summed E-state index contributed by atoms with van der Waals surface area (Å²) >= 11 is 0. The predicted octanol–water partition coefficient (Wildman–Crippen LogP) is 5.27. The highest BCUT2D eigenvalue weighted by Gasteiger charge is 2.34. The van der Waals surface area contributed by atoms with Crippen molar-refractivity contribution in [2.24, 2.45) is 5.92 Å². The molecule has 1 fully saturated rings. The van der Waals surface area contributed by atoms with E-state index < -0.39 is 12.4 Å². The van der Waals surface area contributed by atoms with E-state index in [4.69, 9.17) is 4.74 Å². The molecule has 0 bridgehead atoms. The predicted molar refractivity (Wildman–Crippen MR) is 129 cm³/mol. The van der Waals surface area contributed by atoms with Crippen LogP contribution in [0.25, 0.3) is 11.3 Å². The van der Waals surface area contributed by atoms with Crippen molar-refractivity contribution >= 4 is 5.91 Å². The van der Waals surface area contributed by atoms with E-state index >= 15 is 0 Å². The van der Waals surface area contributed by atoms with E-state index in [-0.39, 0.29) is 29.7 Å². The van der Waals surface area contributed by atoms with Crippen molar-refractivity contribution in [2.45, 2.75) is 31.7 Å². The summed E-state index contributed by atoms with van der Waals surface area (Å²) in [7, 11) is 0.